The zero-order valence-electron chi connectivity index (χ0n) is 14.9. The molecule has 0 unspecified atom stereocenters. The molecule has 2 N–H and O–H groups in total. The highest BCUT2D eigenvalue weighted by Gasteiger charge is 2.11. The second kappa shape index (κ2) is 8.80. The van der Waals surface area contributed by atoms with Crippen LogP contribution in [0.1, 0.15) is 23.0 Å². The molecule has 1 aromatic heterocycles. The van der Waals surface area contributed by atoms with Gasteiger partial charge in [0.05, 0.1) is 24.2 Å². The maximum Gasteiger partial charge on any atom is 0.274 e. The van der Waals surface area contributed by atoms with Gasteiger partial charge in [-0.3, -0.25) is 4.79 Å². The molecule has 27 heavy (non-hydrogen) atoms. The van der Waals surface area contributed by atoms with Crippen molar-refractivity contribution in [3.8, 4) is 5.75 Å². The van der Waals surface area contributed by atoms with Crippen LogP contribution in [0.25, 0.3) is 0 Å². The molecule has 0 fully saturated rings. The van der Waals surface area contributed by atoms with E-state index in [9.17, 15) is 9.18 Å². The molecule has 0 atom stereocenters. The summed E-state index contributed by atoms with van der Waals surface area (Å²) >= 11 is 0. The van der Waals surface area contributed by atoms with E-state index in [0.717, 1.165) is 11.3 Å². The van der Waals surface area contributed by atoms with Crippen molar-refractivity contribution in [1.29, 1.82) is 0 Å². The van der Waals surface area contributed by atoms with Crippen LogP contribution in [0.4, 0.5) is 15.8 Å². The summed E-state index contributed by atoms with van der Waals surface area (Å²) in [6, 6.07) is 16.9. The first kappa shape index (κ1) is 18.4. The monoisotopic (exact) mass is 365 g/mol. The zero-order chi connectivity index (χ0) is 19.1. The minimum Gasteiger partial charge on any atom is -0.492 e. The Hall–Kier alpha value is -3.41. The van der Waals surface area contributed by atoms with Crippen LogP contribution in [-0.4, -0.2) is 17.5 Å². The van der Waals surface area contributed by atoms with Crippen molar-refractivity contribution in [2.45, 2.75) is 13.5 Å². The van der Waals surface area contributed by atoms with Crippen LogP contribution in [0, 0.1) is 5.82 Å². The van der Waals surface area contributed by atoms with Gasteiger partial charge in [-0.1, -0.05) is 24.3 Å². The highest BCUT2D eigenvalue weighted by Crippen LogP contribution is 2.24. The van der Waals surface area contributed by atoms with Crippen molar-refractivity contribution >= 4 is 17.3 Å². The molecule has 0 aliphatic heterocycles. The van der Waals surface area contributed by atoms with Crippen LogP contribution in [0.5, 0.6) is 5.75 Å². The summed E-state index contributed by atoms with van der Waals surface area (Å²) in [6.45, 7) is 2.94. The topological polar surface area (TPSA) is 63.2 Å². The molecule has 3 aromatic rings. The normalized spacial score (nSPS) is 10.3. The van der Waals surface area contributed by atoms with E-state index in [-0.39, 0.29) is 11.7 Å². The number of carbonyl (C=O) groups excluding carboxylic acids is 1. The third-order valence-corrected chi connectivity index (χ3v) is 3.84. The number of anilines is 2. The van der Waals surface area contributed by atoms with Crippen molar-refractivity contribution in [1.82, 2.24) is 4.98 Å². The number of para-hydroxylation sites is 2. The van der Waals surface area contributed by atoms with E-state index >= 15 is 0 Å². The third kappa shape index (κ3) is 5.04. The van der Waals surface area contributed by atoms with Crippen molar-refractivity contribution in [3.05, 3.63) is 83.9 Å². The molecule has 0 spiro atoms. The minimum atomic E-state index is -0.313. The summed E-state index contributed by atoms with van der Waals surface area (Å²) in [5, 5.41) is 6.00. The quantitative estimate of drug-likeness (QED) is 0.648. The number of hydrogen-bond acceptors (Lipinski definition) is 4. The summed E-state index contributed by atoms with van der Waals surface area (Å²) in [6.07, 6.45) is 1.59. The number of rotatable bonds is 7. The Kier molecular flexibility index (Phi) is 5.99. The van der Waals surface area contributed by atoms with E-state index in [2.05, 4.69) is 15.6 Å². The average Bonchev–Trinajstić information content (AvgIpc) is 2.69. The maximum absolute atomic E-state index is 12.9. The lowest BCUT2D eigenvalue weighted by Gasteiger charge is -2.11. The highest BCUT2D eigenvalue weighted by molar-refractivity contribution is 6.03. The van der Waals surface area contributed by atoms with Gasteiger partial charge in [-0.2, -0.15) is 0 Å². The van der Waals surface area contributed by atoms with Gasteiger partial charge in [-0.05, 0) is 48.9 Å². The highest BCUT2D eigenvalue weighted by atomic mass is 19.1. The van der Waals surface area contributed by atoms with Crippen LogP contribution in [0.3, 0.4) is 0 Å². The molecule has 0 aliphatic rings. The predicted molar refractivity (Wildman–Crippen MR) is 104 cm³/mol. The molecule has 2 aromatic carbocycles. The first-order chi connectivity index (χ1) is 13.2. The van der Waals surface area contributed by atoms with Gasteiger partial charge in [-0.15, -0.1) is 0 Å². The molecule has 0 bridgehead atoms. The Morgan fingerprint density at radius 3 is 2.56 bits per heavy atom. The van der Waals surface area contributed by atoms with Crippen LogP contribution < -0.4 is 15.4 Å². The number of ether oxygens (including phenoxy) is 1. The van der Waals surface area contributed by atoms with Gasteiger partial charge in [0.1, 0.15) is 17.3 Å². The number of aromatic nitrogens is 1. The van der Waals surface area contributed by atoms with Crippen LogP contribution in [0.15, 0.2) is 66.9 Å². The molecule has 3 rings (SSSR count). The molecular formula is C21H20FN3O2. The first-order valence-electron chi connectivity index (χ1n) is 8.63. The summed E-state index contributed by atoms with van der Waals surface area (Å²) in [7, 11) is 0. The fourth-order valence-electron chi connectivity index (χ4n) is 2.48. The smallest absolute Gasteiger partial charge is 0.274 e. The Morgan fingerprint density at radius 1 is 1.07 bits per heavy atom. The lowest BCUT2D eigenvalue weighted by atomic mass is 10.2. The molecular weight excluding hydrogens is 345 g/mol. The molecule has 0 radical (unpaired) electrons. The van der Waals surface area contributed by atoms with E-state index in [1.165, 1.54) is 12.1 Å². The lowest BCUT2D eigenvalue weighted by molar-refractivity contribution is 0.102. The summed E-state index contributed by atoms with van der Waals surface area (Å²) in [5.41, 5.74) is 2.62. The summed E-state index contributed by atoms with van der Waals surface area (Å²) in [4.78, 5) is 16.6. The van der Waals surface area contributed by atoms with Gasteiger partial charge >= 0.3 is 0 Å². The molecule has 0 saturated heterocycles. The number of hydrogen-bond donors (Lipinski definition) is 2. The van der Waals surface area contributed by atoms with E-state index in [4.69, 9.17) is 4.74 Å². The van der Waals surface area contributed by atoms with Gasteiger partial charge in [0.2, 0.25) is 0 Å². The number of nitrogens with zero attached hydrogens (tertiary/aromatic N) is 1. The summed E-state index contributed by atoms with van der Waals surface area (Å²) in [5.74, 6) is 0.0415. The molecule has 5 nitrogen and oxygen atoms in total. The molecule has 6 heteroatoms. The Bertz CT molecular complexity index is 896. The number of benzene rings is 2. The number of halogens is 1. The van der Waals surface area contributed by atoms with Crippen molar-refractivity contribution in [2.24, 2.45) is 0 Å². The van der Waals surface area contributed by atoms with Gasteiger partial charge in [0, 0.05) is 6.54 Å². The average molecular weight is 365 g/mol. The lowest BCUT2D eigenvalue weighted by Crippen LogP contribution is -2.14. The first-order valence-corrected chi connectivity index (χ1v) is 8.63. The van der Waals surface area contributed by atoms with Gasteiger partial charge in [0.25, 0.3) is 5.91 Å². The molecule has 1 amide bonds. The molecule has 138 valence electrons. The molecule has 1 heterocycles. The minimum absolute atomic E-state index is 0.262. The zero-order valence-corrected chi connectivity index (χ0v) is 14.9. The van der Waals surface area contributed by atoms with Crippen LogP contribution in [0.2, 0.25) is 0 Å². The SMILES string of the molecule is CCOc1ccccc1NC(=O)c1ccc(NCc2ccc(F)cc2)cn1. The van der Waals surface area contributed by atoms with Crippen molar-refractivity contribution in [3.63, 3.8) is 0 Å². The Morgan fingerprint density at radius 2 is 1.85 bits per heavy atom. The number of pyridine rings is 1. The second-order valence-electron chi connectivity index (χ2n) is 5.80. The van der Waals surface area contributed by atoms with Gasteiger partial charge in [0.15, 0.2) is 0 Å². The largest absolute Gasteiger partial charge is 0.492 e. The standard InChI is InChI=1S/C21H20FN3O2/c1-2-27-20-6-4-3-5-18(20)25-21(26)19-12-11-17(14-24-19)23-13-15-7-9-16(22)10-8-15/h3-12,14,23H,2,13H2,1H3,(H,25,26). The van der Waals surface area contributed by atoms with E-state index in [1.807, 2.05) is 19.1 Å². The Labute approximate surface area is 157 Å². The van der Waals surface area contributed by atoms with Crippen molar-refractivity contribution in [2.75, 3.05) is 17.2 Å². The fraction of sp³-hybridized carbons (Fsp3) is 0.143. The number of nitrogens with one attached hydrogen (secondary N) is 2. The fourth-order valence-corrected chi connectivity index (χ4v) is 2.48. The predicted octanol–water partition coefficient (Wildman–Crippen LogP) is 4.48. The van der Waals surface area contributed by atoms with Crippen molar-refractivity contribution < 1.29 is 13.9 Å². The van der Waals surface area contributed by atoms with E-state index in [1.54, 1.807) is 42.6 Å². The molecule has 0 aliphatic carbocycles. The van der Waals surface area contributed by atoms with Gasteiger partial charge in [-0.25, -0.2) is 9.37 Å². The van der Waals surface area contributed by atoms with E-state index < -0.39 is 0 Å². The van der Waals surface area contributed by atoms with Gasteiger partial charge < -0.3 is 15.4 Å². The third-order valence-electron chi connectivity index (χ3n) is 3.84. The van der Waals surface area contributed by atoms with Crippen LogP contribution in [-0.2, 0) is 6.54 Å². The second-order valence-corrected chi connectivity index (χ2v) is 5.80. The maximum atomic E-state index is 12.9. The Balaban J connectivity index is 1.61. The van der Waals surface area contributed by atoms with Crippen LogP contribution >= 0.6 is 0 Å². The summed E-state index contributed by atoms with van der Waals surface area (Å²) < 4.78 is 18.4. The molecule has 0 saturated carbocycles. The van der Waals surface area contributed by atoms with E-state index in [0.29, 0.717) is 30.3 Å². The number of amides is 1. The number of carbonyl (C=O) groups is 1.